The molecule has 0 aromatic rings. The van der Waals surface area contributed by atoms with Crippen molar-refractivity contribution in [2.24, 2.45) is 0 Å². The Morgan fingerprint density at radius 1 is 1.19 bits per heavy atom. The lowest BCUT2D eigenvalue weighted by molar-refractivity contribution is -0.148. The van der Waals surface area contributed by atoms with Gasteiger partial charge in [0.05, 0.1) is 13.7 Å². The molecule has 0 amide bonds. The number of carbonyl (C=O) groups excluding carboxylic acids is 1. The van der Waals surface area contributed by atoms with E-state index in [-0.39, 0.29) is 12.0 Å². The predicted octanol–water partition coefficient (Wildman–Crippen LogP) is 2.05. The zero-order chi connectivity index (χ0) is 16.5. The van der Waals surface area contributed by atoms with Gasteiger partial charge in [-0.1, -0.05) is 0 Å². The SMILES string of the molecule is COCCN(CCCC(C)(NC(C)C)C(=O)OC)C(C)C. The first kappa shape index (κ1) is 20.3. The summed E-state index contributed by atoms with van der Waals surface area (Å²) in [5.74, 6) is -0.191. The van der Waals surface area contributed by atoms with E-state index in [1.807, 2.05) is 20.8 Å². The summed E-state index contributed by atoms with van der Waals surface area (Å²) in [7, 11) is 3.17. The molecule has 1 unspecified atom stereocenters. The molecule has 0 aliphatic heterocycles. The van der Waals surface area contributed by atoms with Gasteiger partial charge in [0, 0.05) is 25.7 Å². The maximum Gasteiger partial charge on any atom is 0.325 e. The Labute approximate surface area is 130 Å². The number of esters is 1. The smallest absolute Gasteiger partial charge is 0.325 e. The van der Waals surface area contributed by atoms with Crippen LogP contribution in [0.15, 0.2) is 0 Å². The molecule has 126 valence electrons. The highest BCUT2D eigenvalue weighted by Gasteiger charge is 2.34. The molecule has 0 aromatic heterocycles. The van der Waals surface area contributed by atoms with Crippen LogP contribution in [0.3, 0.4) is 0 Å². The molecular weight excluding hydrogens is 268 g/mol. The average Bonchev–Trinajstić information content (AvgIpc) is 2.40. The van der Waals surface area contributed by atoms with Crippen LogP contribution in [0.5, 0.6) is 0 Å². The van der Waals surface area contributed by atoms with E-state index in [2.05, 4.69) is 24.1 Å². The minimum atomic E-state index is -0.618. The summed E-state index contributed by atoms with van der Waals surface area (Å²) in [5.41, 5.74) is -0.618. The Kier molecular flexibility index (Phi) is 9.83. The van der Waals surface area contributed by atoms with Gasteiger partial charge in [0.25, 0.3) is 0 Å². The quantitative estimate of drug-likeness (QED) is 0.592. The molecule has 0 rings (SSSR count). The number of rotatable bonds is 11. The number of carbonyl (C=O) groups is 1. The molecule has 0 aliphatic rings. The first-order chi connectivity index (χ1) is 9.76. The van der Waals surface area contributed by atoms with Gasteiger partial charge in [-0.2, -0.15) is 0 Å². The standard InChI is InChI=1S/C16H34N2O3/c1-13(2)17-16(5,15(19)21-7)9-8-10-18(14(3)4)11-12-20-6/h13-14,17H,8-12H2,1-7H3. The molecule has 0 aromatic carbocycles. The van der Waals surface area contributed by atoms with E-state index in [1.165, 1.54) is 7.11 Å². The van der Waals surface area contributed by atoms with Gasteiger partial charge in [0.15, 0.2) is 0 Å². The summed E-state index contributed by atoms with van der Waals surface area (Å²) < 4.78 is 10.1. The number of nitrogens with one attached hydrogen (secondary N) is 1. The minimum absolute atomic E-state index is 0.191. The van der Waals surface area contributed by atoms with Gasteiger partial charge >= 0.3 is 5.97 Å². The molecule has 0 bridgehead atoms. The van der Waals surface area contributed by atoms with Gasteiger partial charge in [-0.05, 0) is 54.0 Å². The average molecular weight is 302 g/mol. The van der Waals surface area contributed by atoms with Gasteiger partial charge in [-0.3, -0.25) is 15.0 Å². The number of methoxy groups -OCH3 is 2. The first-order valence-corrected chi connectivity index (χ1v) is 7.86. The second-order valence-corrected chi connectivity index (χ2v) is 6.35. The van der Waals surface area contributed by atoms with Crippen molar-refractivity contribution >= 4 is 5.97 Å². The zero-order valence-corrected chi connectivity index (χ0v) is 14.9. The van der Waals surface area contributed by atoms with Gasteiger partial charge in [0.2, 0.25) is 0 Å². The third-order valence-corrected chi connectivity index (χ3v) is 3.68. The Morgan fingerprint density at radius 3 is 2.24 bits per heavy atom. The first-order valence-electron chi connectivity index (χ1n) is 7.86. The number of hydrogen-bond donors (Lipinski definition) is 1. The summed E-state index contributed by atoms with van der Waals surface area (Å²) in [4.78, 5) is 14.4. The third kappa shape index (κ3) is 7.79. The monoisotopic (exact) mass is 302 g/mol. The van der Waals surface area contributed by atoms with Crippen LogP contribution >= 0.6 is 0 Å². The van der Waals surface area contributed by atoms with Crippen molar-refractivity contribution in [1.82, 2.24) is 10.2 Å². The molecule has 1 N–H and O–H groups in total. The van der Waals surface area contributed by atoms with Gasteiger partial charge < -0.3 is 9.47 Å². The fraction of sp³-hybridized carbons (Fsp3) is 0.938. The highest BCUT2D eigenvalue weighted by molar-refractivity contribution is 5.80. The number of nitrogens with zero attached hydrogens (tertiary/aromatic N) is 1. The van der Waals surface area contributed by atoms with E-state index in [1.54, 1.807) is 7.11 Å². The second kappa shape index (κ2) is 10.1. The summed E-state index contributed by atoms with van der Waals surface area (Å²) in [5, 5.41) is 3.34. The lowest BCUT2D eigenvalue weighted by Crippen LogP contribution is -2.53. The predicted molar refractivity (Wildman–Crippen MR) is 86.5 cm³/mol. The zero-order valence-electron chi connectivity index (χ0n) is 14.9. The minimum Gasteiger partial charge on any atom is -0.468 e. The second-order valence-electron chi connectivity index (χ2n) is 6.35. The van der Waals surface area contributed by atoms with Crippen molar-refractivity contribution in [3.8, 4) is 0 Å². The van der Waals surface area contributed by atoms with Crippen molar-refractivity contribution in [2.75, 3.05) is 33.9 Å². The number of hydrogen-bond acceptors (Lipinski definition) is 5. The molecule has 1 atom stereocenters. The highest BCUT2D eigenvalue weighted by Crippen LogP contribution is 2.16. The fourth-order valence-electron chi connectivity index (χ4n) is 2.57. The largest absolute Gasteiger partial charge is 0.468 e. The Hall–Kier alpha value is -0.650. The van der Waals surface area contributed by atoms with Crippen LogP contribution in [0, 0.1) is 0 Å². The molecule has 21 heavy (non-hydrogen) atoms. The molecular formula is C16H34N2O3. The summed E-state index contributed by atoms with van der Waals surface area (Å²) in [6.07, 6.45) is 1.70. The van der Waals surface area contributed by atoms with Crippen molar-refractivity contribution in [3.63, 3.8) is 0 Å². The fourth-order valence-corrected chi connectivity index (χ4v) is 2.57. The topological polar surface area (TPSA) is 50.8 Å². The van der Waals surface area contributed by atoms with E-state index >= 15 is 0 Å². The Balaban J connectivity index is 4.49. The third-order valence-electron chi connectivity index (χ3n) is 3.68. The molecule has 0 heterocycles. The molecule has 0 spiro atoms. The van der Waals surface area contributed by atoms with Crippen LogP contribution in [0.1, 0.15) is 47.5 Å². The summed E-state index contributed by atoms with van der Waals surface area (Å²) in [6, 6.07) is 0.714. The van der Waals surface area contributed by atoms with Crippen molar-refractivity contribution in [3.05, 3.63) is 0 Å². The van der Waals surface area contributed by atoms with E-state index in [0.717, 1.165) is 32.5 Å². The molecule has 0 saturated heterocycles. The lowest BCUT2D eigenvalue weighted by atomic mass is 9.94. The molecule has 0 fully saturated rings. The lowest BCUT2D eigenvalue weighted by Gasteiger charge is -2.32. The van der Waals surface area contributed by atoms with Gasteiger partial charge in [-0.25, -0.2) is 0 Å². The van der Waals surface area contributed by atoms with Crippen molar-refractivity contribution < 1.29 is 14.3 Å². The Morgan fingerprint density at radius 2 is 1.81 bits per heavy atom. The van der Waals surface area contributed by atoms with Gasteiger partial charge in [0.1, 0.15) is 5.54 Å². The molecule has 5 nitrogen and oxygen atoms in total. The van der Waals surface area contributed by atoms with Crippen LogP contribution in [-0.2, 0) is 14.3 Å². The Bertz CT molecular complexity index is 295. The molecule has 0 aliphatic carbocycles. The molecule has 0 saturated carbocycles. The van der Waals surface area contributed by atoms with Crippen LogP contribution in [0.4, 0.5) is 0 Å². The normalized spacial score (nSPS) is 14.8. The summed E-state index contributed by atoms with van der Waals surface area (Å²) in [6.45, 7) is 13.0. The van der Waals surface area contributed by atoms with Gasteiger partial charge in [-0.15, -0.1) is 0 Å². The van der Waals surface area contributed by atoms with Crippen LogP contribution in [0.2, 0.25) is 0 Å². The van der Waals surface area contributed by atoms with Crippen molar-refractivity contribution in [2.45, 2.75) is 65.1 Å². The maximum atomic E-state index is 12.0. The van der Waals surface area contributed by atoms with E-state index in [9.17, 15) is 4.79 Å². The molecule has 0 radical (unpaired) electrons. The van der Waals surface area contributed by atoms with E-state index in [4.69, 9.17) is 9.47 Å². The van der Waals surface area contributed by atoms with Crippen LogP contribution in [0.25, 0.3) is 0 Å². The maximum absolute atomic E-state index is 12.0. The van der Waals surface area contributed by atoms with Crippen molar-refractivity contribution in [1.29, 1.82) is 0 Å². The highest BCUT2D eigenvalue weighted by atomic mass is 16.5. The summed E-state index contributed by atoms with van der Waals surface area (Å²) >= 11 is 0. The van der Waals surface area contributed by atoms with E-state index in [0.29, 0.717) is 6.04 Å². The number of ether oxygens (including phenoxy) is 2. The van der Waals surface area contributed by atoms with E-state index < -0.39 is 5.54 Å². The molecule has 5 heteroatoms. The van der Waals surface area contributed by atoms with Crippen LogP contribution in [-0.4, -0.2) is 62.4 Å². The van der Waals surface area contributed by atoms with Crippen LogP contribution < -0.4 is 5.32 Å².